The summed E-state index contributed by atoms with van der Waals surface area (Å²) in [6.07, 6.45) is 0. The molecule has 1 saturated heterocycles. The van der Waals surface area contributed by atoms with Crippen molar-refractivity contribution in [1.29, 1.82) is 0 Å². The Bertz CT molecular complexity index is 51.7. The highest BCUT2D eigenvalue weighted by atomic mass is 79.9. The molecule has 0 amide bonds. The molecule has 0 aromatic heterocycles. The summed E-state index contributed by atoms with van der Waals surface area (Å²) in [7, 11) is 0. The molecule has 0 bridgehead atoms. The van der Waals surface area contributed by atoms with Crippen LogP contribution in [-0.4, -0.2) is 21.4 Å². The Labute approximate surface area is 60.9 Å². The fourth-order valence-corrected chi connectivity index (χ4v) is 4.05. The molecule has 0 aromatic carbocycles. The molecule has 0 radical (unpaired) electrons. The standard InChI is InChI=1S/C4H7BrS2/c5-3-4-6-1-2-7-4/h4H,1-3H2. The lowest BCUT2D eigenvalue weighted by molar-refractivity contribution is 1.49. The SMILES string of the molecule is BrCC1SCCS1. The van der Waals surface area contributed by atoms with E-state index in [0.717, 1.165) is 9.91 Å². The van der Waals surface area contributed by atoms with Gasteiger partial charge in [-0.05, 0) is 0 Å². The van der Waals surface area contributed by atoms with Gasteiger partial charge in [0.15, 0.2) is 0 Å². The molecule has 1 aliphatic heterocycles. The summed E-state index contributed by atoms with van der Waals surface area (Å²) in [6, 6.07) is 0. The summed E-state index contributed by atoms with van der Waals surface area (Å²) in [6.45, 7) is 0. The smallest absolute Gasteiger partial charge is 0.0599 e. The molecule has 0 aromatic rings. The maximum atomic E-state index is 3.43. The van der Waals surface area contributed by atoms with Crippen LogP contribution in [0.1, 0.15) is 0 Å². The third-order valence-electron chi connectivity index (χ3n) is 0.817. The fraction of sp³-hybridized carbons (Fsp3) is 1.00. The maximum absolute atomic E-state index is 3.43. The molecule has 7 heavy (non-hydrogen) atoms. The summed E-state index contributed by atoms with van der Waals surface area (Å²) in [5, 5.41) is 1.16. The topological polar surface area (TPSA) is 0 Å². The largest absolute Gasteiger partial charge is 0.146 e. The predicted molar refractivity (Wildman–Crippen MR) is 42.5 cm³/mol. The van der Waals surface area contributed by atoms with E-state index in [-0.39, 0.29) is 0 Å². The lowest BCUT2D eigenvalue weighted by Gasteiger charge is -1.97. The third kappa shape index (κ3) is 1.86. The van der Waals surface area contributed by atoms with Crippen LogP contribution in [0.15, 0.2) is 0 Å². The zero-order valence-corrected chi connectivity index (χ0v) is 7.11. The number of halogens is 1. The van der Waals surface area contributed by atoms with Gasteiger partial charge in [-0.3, -0.25) is 0 Å². The van der Waals surface area contributed by atoms with Gasteiger partial charge in [0.05, 0.1) is 4.58 Å². The first-order chi connectivity index (χ1) is 3.43. The molecule has 42 valence electrons. The summed E-state index contributed by atoms with van der Waals surface area (Å²) in [5.74, 6) is 2.70. The van der Waals surface area contributed by atoms with E-state index in [1.54, 1.807) is 0 Å². The molecule has 0 spiro atoms. The van der Waals surface area contributed by atoms with Crippen molar-refractivity contribution in [3.05, 3.63) is 0 Å². The van der Waals surface area contributed by atoms with Crippen LogP contribution < -0.4 is 0 Å². The van der Waals surface area contributed by atoms with E-state index in [1.165, 1.54) is 11.5 Å². The van der Waals surface area contributed by atoms with Gasteiger partial charge in [0.1, 0.15) is 0 Å². The van der Waals surface area contributed by atoms with Gasteiger partial charge in [0.2, 0.25) is 0 Å². The Balaban J connectivity index is 2.14. The average Bonchev–Trinajstić information content (AvgIpc) is 2.14. The maximum Gasteiger partial charge on any atom is 0.0599 e. The minimum absolute atomic E-state index is 0.847. The molecule has 1 fully saturated rings. The second-order valence-corrected chi connectivity index (χ2v) is 4.89. The van der Waals surface area contributed by atoms with E-state index in [4.69, 9.17) is 0 Å². The number of hydrogen-bond donors (Lipinski definition) is 0. The van der Waals surface area contributed by atoms with Crippen molar-refractivity contribution < 1.29 is 0 Å². The van der Waals surface area contributed by atoms with Crippen LogP contribution in [0.25, 0.3) is 0 Å². The molecule has 1 rings (SSSR count). The van der Waals surface area contributed by atoms with Crippen molar-refractivity contribution in [3.8, 4) is 0 Å². The highest BCUT2D eigenvalue weighted by Gasteiger charge is 2.13. The van der Waals surface area contributed by atoms with Crippen LogP contribution in [0.5, 0.6) is 0 Å². The first kappa shape index (κ1) is 6.30. The molecule has 0 N–H and O–H groups in total. The highest BCUT2D eigenvalue weighted by Crippen LogP contribution is 2.32. The minimum Gasteiger partial charge on any atom is -0.146 e. The van der Waals surface area contributed by atoms with Gasteiger partial charge in [-0.2, -0.15) is 0 Å². The summed E-state index contributed by atoms with van der Waals surface area (Å²) in [5.41, 5.74) is 0. The monoisotopic (exact) mass is 198 g/mol. The van der Waals surface area contributed by atoms with Crippen molar-refractivity contribution in [3.63, 3.8) is 0 Å². The zero-order valence-electron chi connectivity index (χ0n) is 3.89. The third-order valence-corrected chi connectivity index (χ3v) is 5.35. The lowest BCUT2D eigenvalue weighted by atomic mass is 11.0. The molecule has 0 aliphatic carbocycles. The minimum atomic E-state index is 0.847. The first-order valence-corrected chi connectivity index (χ1v) is 5.44. The van der Waals surface area contributed by atoms with Crippen LogP contribution in [0.2, 0.25) is 0 Å². The first-order valence-electron chi connectivity index (χ1n) is 2.22. The second kappa shape index (κ2) is 3.25. The quantitative estimate of drug-likeness (QED) is 0.593. The van der Waals surface area contributed by atoms with E-state index in [0.29, 0.717) is 0 Å². The summed E-state index contributed by atoms with van der Waals surface area (Å²) in [4.78, 5) is 0. The van der Waals surface area contributed by atoms with Crippen molar-refractivity contribution in [2.45, 2.75) is 4.58 Å². The van der Waals surface area contributed by atoms with E-state index < -0.39 is 0 Å². The van der Waals surface area contributed by atoms with Gasteiger partial charge in [-0.1, -0.05) is 15.9 Å². The van der Waals surface area contributed by atoms with E-state index >= 15 is 0 Å². The Kier molecular flexibility index (Phi) is 2.93. The highest BCUT2D eigenvalue weighted by molar-refractivity contribution is 9.09. The molecule has 0 saturated carbocycles. The van der Waals surface area contributed by atoms with E-state index in [9.17, 15) is 0 Å². The van der Waals surface area contributed by atoms with E-state index in [2.05, 4.69) is 39.5 Å². The van der Waals surface area contributed by atoms with E-state index in [1.807, 2.05) is 0 Å². The lowest BCUT2D eigenvalue weighted by Crippen LogP contribution is -1.89. The van der Waals surface area contributed by atoms with Crippen molar-refractivity contribution in [2.24, 2.45) is 0 Å². The summed E-state index contributed by atoms with van der Waals surface area (Å²) < 4.78 is 0.847. The number of thioether (sulfide) groups is 2. The van der Waals surface area contributed by atoms with Crippen LogP contribution >= 0.6 is 39.5 Å². The van der Waals surface area contributed by atoms with Gasteiger partial charge in [0, 0.05) is 16.8 Å². The Morgan fingerprint density at radius 1 is 1.43 bits per heavy atom. The van der Waals surface area contributed by atoms with Crippen molar-refractivity contribution in [1.82, 2.24) is 0 Å². The Morgan fingerprint density at radius 2 is 2.00 bits per heavy atom. The van der Waals surface area contributed by atoms with Crippen molar-refractivity contribution >= 4 is 39.5 Å². The Morgan fingerprint density at radius 3 is 2.29 bits per heavy atom. The number of rotatable bonds is 1. The zero-order chi connectivity index (χ0) is 5.11. The van der Waals surface area contributed by atoms with Gasteiger partial charge in [-0.25, -0.2) is 0 Å². The molecule has 0 nitrogen and oxygen atoms in total. The number of alkyl halides is 1. The molecular formula is C4H7BrS2. The normalized spacial score (nSPS) is 23.6. The van der Waals surface area contributed by atoms with Crippen molar-refractivity contribution in [2.75, 3.05) is 16.8 Å². The molecule has 1 heterocycles. The predicted octanol–water partition coefficient (Wildman–Crippen LogP) is 2.19. The van der Waals surface area contributed by atoms with Gasteiger partial charge >= 0.3 is 0 Å². The summed E-state index contributed by atoms with van der Waals surface area (Å²) >= 11 is 7.55. The Hall–Kier alpha value is 1.18. The van der Waals surface area contributed by atoms with Gasteiger partial charge in [-0.15, -0.1) is 23.5 Å². The van der Waals surface area contributed by atoms with Crippen LogP contribution in [-0.2, 0) is 0 Å². The van der Waals surface area contributed by atoms with Crippen LogP contribution in [0.3, 0.4) is 0 Å². The molecule has 3 heteroatoms. The fourth-order valence-electron chi connectivity index (χ4n) is 0.496. The molecule has 1 aliphatic rings. The average molecular weight is 199 g/mol. The van der Waals surface area contributed by atoms with Gasteiger partial charge < -0.3 is 0 Å². The van der Waals surface area contributed by atoms with Crippen LogP contribution in [0.4, 0.5) is 0 Å². The molecular weight excluding hydrogens is 192 g/mol. The second-order valence-electron chi connectivity index (χ2n) is 1.33. The molecule has 0 unspecified atom stereocenters. The van der Waals surface area contributed by atoms with Crippen LogP contribution in [0, 0.1) is 0 Å². The number of hydrogen-bond acceptors (Lipinski definition) is 2. The van der Waals surface area contributed by atoms with Gasteiger partial charge in [0.25, 0.3) is 0 Å². The molecule has 0 atom stereocenters.